The number of pyridine rings is 1. The second-order valence-corrected chi connectivity index (χ2v) is 6.34. The molecule has 0 unspecified atom stereocenters. The fourth-order valence-electron chi connectivity index (χ4n) is 1.68. The van der Waals surface area contributed by atoms with Crippen molar-refractivity contribution in [2.75, 3.05) is 6.61 Å². The van der Waals surface area contributed by atoms with Crippen LogP contribution in [-0.4, -0.2) is 23.1 Å². The van der Waals surface area contributed by atoms with Crippen molar-refractivity contribution >= 4 is 29.9 Å². The van der Waals surface area contributed by atoms with Crippen LogP contribution < -0.4 is 15.8 Å². The molecule has 21 heavy (non-hydrogen) atoms. The number of halogens is 1. The maximum Gasteiger partial charge on any atom is 0.213 e. The lowest BCUT2D eigenvalue weighted by atomic mass is 10.1. The Hall–Kier alpha value is -1.05. The molecule has 0 bridgehead atoms. The van der Waals surface area contributed by atoms with Crippen molar-refractivity contribution in [3.05, 3.63) is 23.9 Å². The topological polar surface area (TPSA) is 72.5 Å². The standard InChI is InChI=1S/C15H24N4O.HI/c1-15(2,3)19-14(16)18-9-12-6-7-13(17-8-12)20-10-11-4-5-11;/h6-8,11H,4-5,9-10H2,1-3H3,(H3,16,18,19);1H. The third kappa shape index (κ3) is 7.50. The predicted octanol–water partition coefficient (Wildman–Crippen LogP) is 2.69. The molecule has 1 aromatic rings. The van der Waals surface area contributed by atoms with Crippen molar-refractivity contribution in [2.45, 2.75) is 45.7 Å². The van der Waals surface area contributed by atoms with Gasteiger partial charge in [0.2, 0.25) is 5.88 Å². The second-order valence-electron chi connectivity index (χ2n) is 6.34. The first kappa shape index (κ1) is 18.0. The third-order valence-electron chi connectivity index (χ3n) is 2.90. The number of aliphatic imine (C=N–C) groups is 1. The Bertz CT molecular complexity index is 464. The van der Waals surface area contributed by atoms with Gasteiger partial charge in [0.05, 0.1) is 13.2 Å². The van der Waals surface area contributed by atoms with Crippen LogP contribution in [0.25, 0.3) is 0 Å². The minimum atomic E-state index is -0.0770. The highest BCUT2D eigenvalue weighted by molar-refractivity contribution is 14.0. The molecule has 1 aliphatic carbocycles. The van der Waals surface area contributed by atoms with Gasteiger partial charge in [0.25, 0.3) is 0 Å². The largest absolute Gasteiger partial charge is 0.477 e. The molecule has 0 amide bonds. The summed E-state index contributed by atoms with van der Waals surface area (Å²) in [5, 5.41) is 3.12. The van der Waals surface area contributed by atoms with E-state index in [1.165, 1.54) is 12.8 Å². The molecule has 1 aliphatic rings. The number of rotatable bonds is 5. The number of nitrogens with zero attached hydrogens (tertiary/aromatic N) is 2. The van der Waals surface area contributed by atoms with Crippen LogP contribution in [0.15, 0.2) is 23.3 Å². The Labute approximate surface area is 143 Å². The summed E-state index contributed by atoms with van der Waals surface area (Å²) in [6, 6.07) is 3.86. The van der Waals surface area contributed by atoms with Gasteiger partial charge in [-0.1, -0.05) is 6.07 Å². The molecule has 0 radical (unpaired) electrons. The van der Waals surface area contributed by atoms with E-state index in [2.05, 4.69) is 15.3 Å². The summed E-state index contributed by atoms with van der Waals surface area (Å²) in [6.07, 6.45) is 4.36. The molecule has 1 saturated carbocycles. The lowest BCUT2D eigenvalue weighted by Gasteiger charge is -2.20. The van der Waals surface area contributed by atoms with Gasteiger partial charge in [0.1, 0.15) is 0 Å². The summed E-state index contributed by atoms with van der Waals surface area (Å²) in [4.78, 5) is 8.57. The molecule has 1 fully saturated rings. The van der Waals surface area contributed by atoms with Crippen molar-refractivity contribution in [3.63, 3.8) is 0 Å². The molecular formula is C15H25IN4O. The summed E-state index contributed by atoms with van der Waals surface area (Å²) in [6.45, 7) is 7.44. The molecule has 2 rings (SSSR count). The molecule has 0 spiro atoms. The monoisotopic (exact) mass is 404 g/mol. The van der Waals surface area contributed by atoms with E-state index in [4.69, 9.17) is 10.5 Å². The SMILES string of the molecule is CC(C)(C)NC(N)=NCc1ccc(OCC2CC2)nc1.I. The van der Waals surface area contributed by atoms with E-state index in [0.717, 1.165) is 18.1 Å². The van der Waals surface area contributed by atoms with Gasteiger partial charge < -0.3 is 15.8 Å². The molecule has 6 heteroatoms. The van der Waals surface area contributed by atoms with Crippen molar-refractivity contribution in [2.24, 2.45) is 16.6 Å². The number of hydrogen-bond acceptors (Lipinski definition) is 3. The van der Waals surface area contributed by atoms with Gasteiger partial charge in [0, 0.05) is 17.8 Å². The number of nitrogens with two attached hydrogens (primary N) is 1. The van der Waals surface area contributed by atoms with Gasteiger partial charge >= 0.3 is 0 Å². The minimum Gasteiger partial charge on any atom is -0.477 e. The molecule has 3 N–H and O–H groups in total. The summed E-state index contributed by atoms with van der Waals surface area (Å²) in [7, 11) is 0. The maximum atomic E-state index is 5.82. The lowest BCUT2D eigenvalue weighted by Crippen LogP contribution is -2.44. The fourth-order valence-corrected chi connectivity index (χ4v) is 1.68. The molecule has 0 atom stereocenters. The van der Waals surface area contributed by atoms with Crippen LogP contribution in [0.4, 0.5) is 0 Å². The number of hydrogen-bond donors (Lipinski definition) is 2. The molecule has 1 aromatic heterocycles. The zero-order chi connectivity index (χ0) is 14.6. The van der Waals surface area contributed by atoms with Crippen LogP contribution >= 0.6 is 24.0 Å². The van der Waals surface area contributed by atoms with E-state index in [9.17, 15) is 0 Å². The Morgan fingerprint density at radius 1 is 1.43 bits per heavy atom. The first-order chi connectivity index (χ1) is 9.42. The van der Waals surface area contributed by atoms with Crippen LogP contribution in [0, 0.1) is 5.92 Å². The fraction of sp³-hybridized carbons (Fsp3) is 0.600. The van der Waals surface area contributed by atoms with E-state index >= 15 is 0 Å². The Morgan fingerprint density at radius 2 is 2.14 bits per heavy atom. The number of nitrogens with one attached hydrogen (secondary N) is 1. The quantitative estimate of drug-likeness (QED) is 0.450. The summed E-state index contributed by atoms with van der Waals surface area (Å²) in [5.41, 5.74) is 6.76. The van der Waals surface area contributed by atoms with Gasteiger partial charge in [-0.25, -0.2) is 9.98 Å². The second kappa shape index (κ2) is 7.82. The molecular weight excluding hydrogens is 379 g/mol. The maximum absolute atomic E-state index is 5.82. The van der Waals surface area contributed by atoms with Gasteiger partial charge in [-0.2, -0.15) is 0 Å². The van der Waals surface area contributed by atoms with Gasteiger partial charge in [-0.05, 0) is 45.1 Å². The summed E-state index contributed by atoms with van der Waals surface area (Å²) in [5.74, 6) is 1.88. The first-order valence-electron chi connectivity index (χ1n) is 7.08. The van der Waals surface area contributed by atoms with Crippen LogP contribution in [0.2, 0.25) is 0 Å². The van der Waals surface area contributed by atoms with Crippen LogP contribution in [0.5, 0.6) is 5.88 Å². The highest BCUT2D eigenvalue weighted by atomic mass is 127. The van der Waals surface area contributed by atoms with Gasteiger partial charge in [-0.15, -0.1) is 24.0 Å². The minimum absolute atomic E-state index is 0. The first-order valence-corrected chi connectivity index (χ1v) is 7.08. The lowest BCUT2D eigenvalue weighted by molar-refractivity contribution is 0.288. The Balaban J connectivity index is 0.00000220. The van der Waals surface area contributed by atoms with Crippen molar-refractivity contribution in [3.8, 4) is 5.88 Å². The zero-order valence-corrected chi connectivity index (χ0v) is 15.3. The molecule has 118 valence electrons. The number of aromatic nitrogens is 1. The van der Waals surface area contributed by atoms with E-state index in [0.29, 0.717) is 18.4 Å². The van der Waals surface area contributed by atoms with E-state index in [1.807, 2.05) is 32.9 Å². The highest BCUT2D eigenvalue weighted by Gasteiger charge is 2.21. The van der Waals surface area contributed by atoms with E-state index < -0.39 is 0 Å². The Morgan fingerprint density at radius 3 is 2.67 bits per heavy atom. The predicted molar refractivity (Wildman–Crippen MR) is 96.1 cm³/mol. The van der Waals surface area contributed by atoms with Crippen LogP contribution in [0.3, 0.4) is 0 Å². The third-order valence-corrected chi connectivity index (χ3v) is 2.90. The van der Waals surface area contributed by atoms with Crippen LogP contribution in [-0.2, 0) is 6.54 Å². The van der Waals surface area contributed by atoms with Crippen molar-refractivity contribution < 1.29 is 4.74 Å². The van der Waals surface area contributed by atoms with E-state index in [1.54, 1.807) is 6.20 Å². The van der Waals surface area contributed by atoms with E-state index in [-0.39, 0.29) is 29.5 Å². The molecule has 1 heterocycles. The average molecular weight is 404 g/mol. The van der Waals surface area contributed by atoms with Crippen molar-refractivity contribution in [1.29, 1.82) is 0 Å². The summed E-state index contributed by atoms with van der Waals surface area (Å²) >= 11 is 0. The summed E-state index contributed by atoms with van der Waals surface area (Å²) < 4.78 is 5.59. The Kier molecular flexibility index (Phi) is 6.70. The number of ether oxygens (including phenoxy) is 1. The molecule has 0 aliphatic heterocycles. The average Bonchev–Trinajstić information content (AvgIpc) is 3.17. The smallest absolute Gasteiger partial charge is 0.213 e. The van der Waals surface area contributed by atoms with Crippen molar-refractivity contribution in [1.82, 2.24) is 10.3 Å². The van der Waals surface area contributed by atoms with Gasteiger partial charge in [-0.3, -0.25) is 0 Å². The highest BCUT2D eigenvalue weighted by Crippen LogP contribution is 2.29. The number of guanidine groups is 1. The normalized spacial score (nSPS) is 15.3. The zero-order valence-electron chi connectivity index (χ0n) is 12.9. The van der Waals surface area contributed by atoms with Gasteiger partial charge in [0.15, 0.2) is 5.96 Å². The molecule has 5 nitrogen and oxygen atoms in total. The van der Waals surface area contributed by atoms with Crippen LogP contribution in [0.1, 0.15) is 39.2 Å². The molecule has 0 saturated heterocycles. The molecule has 0 aromatic carbocycles.